The third-order valence-corrected chi connectivity index (χ3v) is 5.54. The van der Waals surface area contributed by atoms with Gasteiger partial charge in [-0.25, -0.2) is 0 Å². The van der Waals surface area contributed by atoms with Crippen LogP contribution in [-0.2, 0) is 4.74 Å². The summed E-state index contributed by atoms with van der Waals surface area (Å²) in [6.45, 7) is 8.28. The van der Waals surface area contributed by atoms with Crippen LogP contribution in [-0.4, -0.2) is 50.0 Å². The van der Waals surface area contributed by atoms with Gasteiger partial charge in [-0.3, -0.25) is 4.90 Å². The van der Waals surface area contributed by atoms with Crippen molar-refractivity contribution < 1.29 is 9.47 Å². The maximum atomic E-state index is 5.56. The van der Waals surface area contributed by atoms with E-state index in [0.29, 0.717) is 5.11 Å². The lowest BCUT2D eigenvalue weighted by Gasteiger charge is -2.35. The molecule has 28 heavy (non-hydrogen) atoms. The highest BCUT2D eigenvalue weighted by molar-refractivity contribution is 7.80. The van der Waals surface area contributed by atoms with E-state index in [4.69, 9.17) is 21.7 Å². The van der Waals surface area contributed by atoms with Gasteiger partial charge in [0, 0.05) is 25.3 Å². The van der Waals surface area contributed by atoms with Gasteiger partial charge in [0.2, 0.25) is 0 Å². The van der Waals surface area contributed by atoms with Crippen LogP contribution in [0.15, 0.2) is 42.5 Å². The topological polar surface area (TPSA) is 45.8 Å². The van der Waals surface area contributed by atoms with Crippen LogP contribution in [0, 0.1) is 13.8 Å². The SMILES string of the molecule is COc1ccc([C@@H](CNC(=S)Nc2cccc(C)c2C)N2CCOCC2)cc1. The predicted octanol–water partition coefficient (Wildman–Crippen LogP) is 3.67. The van der Waals surface area contributed by atoms with Crippen LogP contribution < -0.4 is 15.4 Å². The molecule has 0 spiro atoms. The molecule has 1 atom stereocenters. The van der Waals surface area contributed by atoms with Crippen LogP contribution in [0.5, 0.6) is 5.75 Å². The zero-order chi connectivity index (χ0) is 19.9. The van der Waals surface area contributed by atoms with Crippen LogP contribution in [0.2, 0.25) is 0 Å². The van der Waals surface area contributed by atoms with Crippen molar-refractivity contribution >= 4 is 23.0 Å². The number of hydrogen-bond donors (Lipinski definition) is 2. The van der Waals surface area contributed by atoms with Crippen LogP contribution in [0.1, 0.15) is 22.7 Å². The number of benzene rings is 2. The van der Waals surface area contributed by atoms with E-state index in [0.717, 1.165) is 44.3 Å². The van der Waals surface area contributed by atoms with Gasteiger partial charge in [0.1, 0.15) is 5.75 Å². The van der Waals surface area contributed by atoms with Crippen molar-refractivity contribution in [3.8, 4) is 5.75 Å². The minimum Gasteiger partial charge on any atom is -0.497 e. The Labute approximate surface area is 173 Å². The van der Waals surface area contributed by atoms with E-state index in [9.17, 15) is 0 Å². The van der Waals surface area contributed by atoms with Gasteiger partial charge < -0.3 is 20.1 Å². The first-order chi connectivity index (χ1) is 13.6. The zero-order valence-electron chi connectivity index (χ0n) is 16.8. The molecule has 3 rings (SSSR count). The Morgan fingerprint density at radius 2 is 1.86 bits per heavy atom. The van der Waals surface area contributed by atoms with E-state index in [1.807, 2.05) is 18.2 Å². The molecule has 1 saturated heterocycles. The quantitative estimate of drug-likeness (QED) is 0.723. The summed E-state index contributed by atoms with van der Waals surface area (Å²) in [5.74, 6) is 0.865. The summed E-state index contributed by atoms with van der Waals surface area (Å²) in [6, 6.07) is 14.7. The van der Waals surface area contributed by atoms with Crippen molar-refractivity contribution in [2.75, 3.05) is 45.3 Å². The van der Waals surface area contributed by atoms with E-state index < -0.39 is 0 Å². The first kappa shape index (κ1) is 20.6. The first-order valence-corrected chi connectivity index (χ1v) is 10.1. The summed E-state index contributed by atoms with van der Waals surface area (Å²) in [7, 11) is 1.69. The molecular weight excluding hydrogens is 370 g/mol. The third kappa shape index (κ3) is 5.22. The molecule has 2 N–H and O–H groups in total. The Bertz CT molecular complexity index is 789. The van der Waals surface area contributed by atoms with Crippen LogP contribution in [0.25, 0.3) is 0 Å². The second-order valence-corrected chi connectivity index (χ2v) is 7.43. The first-order valence-electron chi connectivity index (χ1n) is 9.65. The molecule has 1 heterocycles. The van der Waals surface area contributed by atoms with Gasteiger partial charge in [-0.15, -0.1) is 0 Å². The Morgan fingerprint density at radius 3 is 2.54 bits per heavy atom. The van der Waals surface area contributed by atoms with Crippen LogP contribution in [0.4, 0.5) is 5.69 Å². The smallest absolute Gasteiger partial charge is 0.170 e. The van der Waals surface area contributed by atoms with Gasteiger partial charge in [0.25, 0.3) is 0 Å². The number of rotatable bonds is 6. The molecule has 0 unspecified atom stereocenters. The number of hydrogen-bond acceptors (Lipinski definition) is 4. The van der Waals surface area contributed by atoms with Gasteiger partial charge >= 0.3 is 0 Å². The monoisotopic (exact) mass is 399 g/mol. The number of anilines is 1. The Hall–Kier alpha value is -2.15. The molecule has 0 saturated carbocycles. The van der Waals surface area contributed by atoms with Gasteiger partial charge in [-0.2, -0.15) is 0 Å². The minimum absolute atomic E-state index is 0.216. The van der Waals surface area contributed by atoms with Gasteiger partial charge in [-0.05, 0) is 61.0 Å². The van der Waals surface area contributed by atoms with Crippen LogP contribution >= 0.6 is 12.2 Å². The average Bonchev–Trinajstić information content (AvgIpc) is 2.73. The molecule has 150 valence electrons. The van der Waals surface area contributed by atoms with E-state index in [2.05, 4.69) is 53.6 Å². The molecule has 1 fully saturated rings. The molecular formula is C22H29N3O2S. The standard InChI is InChI=1S/C22H29N3O2S/c1-16-5-4-6-20(17(16)2)24-22(28)23-15-21(25-11-13-27-14-12-25)18-7-9-19(26-3)10-8-18/h4-10,21H,11-15H2,1-3H3,(H2,23,24,28)/t21-/m1/s1. The van der Waals surface area contributed by atoms with Crippen molar-refractivity contribution in [2.24, 2.45) is 0 Å². The molecule has 0 aliphatic carbocycles. The second-order valence-electron chi connectivity index (χ2n) is 7.02. The summed E-state index contributed by atoms with van der Waals surface area (Å²) in [5, 5.41) is 7.38. The average molecular weight is 400 g/mol. The van der Waals surface area contributed by atoms with Gasteiger partial charge in [0.05, 0.1) is 26.4 Å². The number of nitrogens with zero attached hydrogens (tertiary/aromatic N) is 1. The number of ether oxygens (including phenoxy) is 2. The third-order valence-electron chi connectivity index (χ3n) is 5.30. The summed E-state index contributed by atoms with van der Waals surface area (Å²) in [6.07, 6.45) is 0. The van der Waals surface area contributed by atoms with E-state index >= 15 is 0 Å². The van der Waals surface area contributed by atoms with Crippen LogP contribution in [0.3, 0.4) is 0 Å². The van der Waals surface area contributed by atoms with E-state index in [1.54, 1.807) is 7.11 Å². The number of methoxy groups -OCH3 is 1. The molecule has 5 nitrogen and oxygen atoms in total. The fraction of sp³-hybridized carbons (Fsp3) is 0.409. The van der Waals surface area contributed by atoms with Crippen molar-refractivity contribution in [3.05, 3.63) is 59.2 Å². The zero-order valence-corrected chi connectivity index (χ0v) is 17.6. The molecule has 2 aromatic carbocycles. The molecule has 1 aliphatic heterocycles. The normalized spacial score (nSPS) is 15.7. The molecule has 0 radical (unpaired) electrons. The van der Waals surface area contributed by atoms with E-state index in [-0.39, 0.29) is 6.04 Å². The summed E-state index contributed by atoms with van der Waals surface area (Å²) in [5.41, 5.74) is 4.75. The predicted molar refractivity (Wildman–Crippen MR) is 118 cm³/mol. The Morgan fingerprint density at radius 1 is 1.14 bits per heavy atom. The van der Waals surface area contributed by atoms with Crippen molar-refractivity contribution in [1.82, 2.24) is 10.2 Å². The van der Waals surface area contributed by atoms with E-state index in [1.165, 1.54) is 16.7 Å². The van der Waals surface area contributed by atoms with Crippen molar-refractivity contribution in [3.63, 3.8) is 0 Å². The van der Waals surface area contributed by atoms with Gasteiger partial charge in [-0.1, -0.05) is 24.3 Å². The number of morpholine rings is 1. The maximum absolute atomic E-state index is 5.56. The molecule has 0 aromatic heterocycles. The van der Waals surface area contributed by atoms with Gasteiger partial charge in [0.15, 0.2) is 5.11 Å². The molecule has 2 aromatic rings. The maximum Gasteiger partial charge on any atom is 0.170 e. The summed E-state index contributed by atoms with van der Waals surface area (Å²) >= 11 is 5.56. The molecule has 1 aliphatic rings. The highest BCUT2D eigenvalue weighted by Gasteiger charge is 2.23. The minimum atomic E-state index is 0.216. The number of thiocarbonyl (C=S) groups is 1. The summed E-state index contributed by atoms with van der Waals surface area (Å²) < 4.78 is 10.8. The summed E-state index contributed by atoms with van der Waals surface area (Å²) in [4.78, 5) is 2.44. The van der Waals surface area contributed by atoms with Crippen molar-refractivity contribution in [2.45, 2.75) is 19.9 Å². The second kappa shape index (κ2) is 9.87. The Balaban J connectivity index is 1.68. The Kier molecular flexibility index (Phi) is 7.25. The van der Waals surface area contributed by atoms with Crippen molar-refractivity contribution in [1.29, 1.82) is 0 Å². The molecule has 6 heteroatoms. The lowest BCUT2D eigenvalue weighted by molar-refractivity contribution is 0.0170. The lowest BCUT2D eigenvalue weighted by atomic mass is 10.0. The fourth-order valence-electron chi connectivity index (χ4n) is 3.42. The lowest BCUT2D eigenvalue weighted by Crippen LogP contribution is -2.44. The number of nitrogens with one attached hydrogen (secondary N) is 2. The largest absolute Gasteiger partial charge is 0.497 e. The molecule has 0 bridgehead atoms. The highest BCUT2D eigenvalue weighted by atomic mass is 32.1. The highest BCUT2D eigenvalue weighted by Crippen LogP contribution is 2.24. The molecule has 0 amide bonds. The number of aryl methyl sites for hydroxylation is 1. The fourth-order valence-corrected chi connectivity index (χ4v) is 3.61.